The van der Waals surface area contributed by atoms with Crippen molar-refractivity contribution in [1.82, 2.24) is 20.4 Å². The Morgan fingerprint density at radius 2 is 2.00 bits per heavy atom. The van der Waals surface area contributed by atoms with E-state index >= 15 is 0 Å². The highest BCUT2D eigenvalue weighted by Gasteiger charge is 2.18. The summed E-state index contributed by atoms with van der Waals surface area (Å²) in [6, 6.07) is 11.4. The molecular formula is C17H24N4. The van der Waals surface area contributed by atoms with E-state index in [-0.39, 0.29) is 0 Å². The number of piperidine rings is 1. The summed E-state index contributed by atoms with van der Waals surface area (Å²) in [6.45, 7) is 6.43. The molecular weight excluding hydrogens is 260 g/mol. The van der Waals surface area contributed by atoms with Crippen molar-refractivity contribution in [3.8, 4) is 0 Å². The number of benzene rings is 1. The van der Waals surface area contributed by atoms with Crippen LogP contribution < -0.4 is 5.32 Å². The molecule has 2 N–H and O–H groups in total. The molecule has 1 aromatic heterocycles. The van der Waals surface area contributed by atoms with Gasteiger partial charge in [0, 0.05) is 30.4 Å². The molecule has 1 aliphatic rings. The maximum atomic E-state index is 4.07. The summed E-state index contributed by atoms with van der Waals surface area (Å²) in [5.41, 5.74) is 3.86. The van der Waals surface area contributed by atoms with Gasteiger partial charge in [-0.15, -0.1) is 0 Å². The van der Waals surface area contributed by atoms with E-state index in [9.17, 15) is 0 Å². The summed E-state index contributed by atoms with van der Waals surface area (Å²) in [5, 5.41) is 10.7. The van der Waals surface area contributed by atoms with Crippen molar-refractivity contribution >= 4 is 0 Å². The topological polar surface area (TPSA) is 44.0 Å². The van der Waals surface area contributed by atoms with Crippen LogP contribution in [-0.4, -0.2) is 34.2 Å². The summed E-state index contributed by atoms with van der Waals surface area (Å²) >= 11 is 0. The third-order valence-electron chi connectivity index (χ3n) is 4.35. The quantitative estimate of drug-likeness (QED) is 0.886. The number of hydrogen-bond donors (Lipinski definition) is 2. The molecule has 21 heavy (non-hydrogen) atoms. The van der Waals surface area contributed by atoms with Gasteiger partial charge in [0.25, 0.3) is 0 Å². The molecule has 4 nitrogen and oxygen atoms in total. The van der Waals surface area contributed by atoms with Gasteiger partial charge in [-0.2, -0.15) is 5.10 Å². The maximum Gasteiger partial charge on any atom is 0.0535 e. The van der Waals surface area contributed by atoms with E-state index in [1.165, 1.54) is 42.8 Å². The molecule has 2 aromatic rings. The van der Waals surface area contributed by atoms with E-state index in [0.29, 0.717) is 6.04 Å². The molecule has 0 bridgehead atoms. The SMILES string of the molecule is Cc1[nH]ncc1CNC1CCN(Cc2ccccc2)CC1. The molecule has 0 aliphatic carbocycles. The molecule has 0 spiro atoms. The lowest BCUT2D eigenvalue weighted by atomic mass is 10.0. The van der Waals surface area contributed by atoms with Crippen molar-refractivity contribution in [2.24, 2.45) is 0 Å². The zero-order valence-corrected chi connectivity index (χ0v) is 12.7. The van der Waals surface area contributed by atoms with Gasteiger partial charge in [0.05, 0.1) is 6.20 Å². The predicted octanol–water partition coefficient (Wildman–Crippen LogP) is 2.47. The molecule has 4 heteroatoms. The Morgan fingerprint density at radius 3 is 2.67 bits per heavy atom. The van der Waals surface area contributed by atoms with Gasteiger partial charge < -0.3 is 5.32 Å². The number of aromatic amines is 1. The lowest BCUT2D eigenvalue weighted by Gasteiger charge is -2.32. The van der Waals surface area contributed by atoms with Gasteiger partial charge >= 0.3 is 0 Å². The second kappa shape index (κ2) is 6.87. The van der Waals surface area contributed by atoms with Crippen LogP contribution in [0.2, 0.25) is 0 Å². The molecule has 3 rings (SSSR count). The van der Waals surface area contributed by atoms with Crippen LogP contribution >= 0.6 is 0 Å². The number of hydrogen-bond acceptors (Lipinski definition) is 3. The number of rotatable bonds is 5. The van der Waals surface area contributed by atoms with E-state index in [2.05, 4.69) is 57.7 Å². The number of H-pyrrole nitrogens is 1. The van der Waals surface area contributed by atoms with Gasteiger partial charge in [0.1, 0.15) is 0 Å². The Kier molecular flexibility index (Phi) is 4.68. The first-order chi connectivity index (χ1) is 10.3. The van der Waals surface area contributed by atoms with Crippen LogP contribution in [0.15, 0.2) is 36.5 Å². The number of aryl methyl sites for hydroxylation is 1. The van der Waals surface area contributed by atoms with Crippen LogP contribution in [0.1, 0.15) is 29.7 Å². The molecule has 2 heterocycles. The fourth-order valence-electron chi connectivity index (χ4n) is 2.94. The second-order valence-corrected chi connectivity index (χ2v) is 5.94. The van der Waals surface area contributed by atoms with Gasteiger partial charge in [-0.25, -0.2) is 0 Å². The first-order valence-corrected chi connectivity index (χ1v) is 7.80. The molecule has 0 unspecified atom stereocenters. The average Bonchev–Trinajstić information content (AvgIpc) is 2.93. The Balaban J connectivity index is 1.42. The summed E-state index contributed by atoms with van der Waals surface area (Å²) < 4.78 is 0. The molecule has 1 fully saturated rings. The molecule has 0 amide bonds. The predicted molar refractivity (Wildman–Crippen MR) is 84.9 cm³/mol. The smallest absolute Gasteiger partial charge is 0.0535 e. The van der Waals surface area contributed by atoms with Crippen molar-refractivity contribution in [2.45, 2.75) is 38.9 Å². The Morgan fingerprint density at radius 1 is 1.24 bits per heavy atom. The van der Waals surface area contributed by atoms with Gasteiger partial charge in [0.2, 0.25) is 0 Å². The molecule has 0 saturated carbocycles. The van der Waals surface area contributed by atoms with Crippen molar-refractivity contribution in [3.63, 3.8) is 0 Å². The van der Waals surface area contributed by atoms with Gasteiger partial charge in [-0.3, -0.25) is 10.00 Å². The minimum absolute atomic E-state index is 0.631. The van der Waals surface area contributed by atoms with Crippen LogP contribution in [0.4, 0.5) is 0 Å². The molecule has 0 atom stereocenters. The van der Waals surface area contributed by atoms with Crippen LogP contribution in [0.5, 0.6) is 0 Å². The first-order valence-electron chi connectivity index (χ1n) is 7.80. The van der Waals surface area contributed by atoms with E-state index < -0.39 is 0 Å². The zero-order valence-electron chi connectivity index (χ0n) is 12.7. The summed E-state index contributed by atoms with van der Waals surface area (Å²) in [7, 11) is 0. The lowest BCUT2D eigenvalue weighted by molar-refractivity contribution is 0.190. The van der Waals surface area contributed by atoms with Gasteiger partial charge in [-0.05, 0) is 38.4 Å². The van der Waals surface area contributed by atoms with E-state index in [1.807, 2.05) is 6.20 Å². The fraction of sp³-hybridized carbons (Fsp3) is 0.471. The minimum atomic E-state index is 0.631. The largest absolute Gasteiger partial charge is 0.310 e. The first kappa shape index (κ1) is 14.3. The normalized spacial score (nSPS) is 17.2. The summed E-state index contributed by atoms with van der Waals surface area (Å²) in [6.07, 6.45) is 4.38. The standard InChI is InChI=1S/C17H24N4/c1-14-16(12-19-20-14)11-18-17-7-9-21(10-8-17)13-15-5-3-2-4-6-15/h2-6,12,17-18H,7-11,13H2,1H3,(H,19,20). The molecule has 0 radical (unpaired) electrons. The Labute approximate surface area is 126 Å². The third kappa shape index (κ3) is 3.93. The minimum Gasteiger partial charge on any atom is -0.310 e. The van der Waals surface area contributed by atoms with Crippen molar-refractivity contribution < 1.29 is 0 Å². The Bertz CT molecular complexity index is 541. The highest BCUT2D eigenvalue weighted by Crippen LogP contribution is 2.14. The van der Waals surface area contributed by atoms with Crippen molar-refractivity contribution in [1.29, 1.82) is 0 Å². The van der Waals surface area contributed by atoms with Crippen LogP contribution in [0.3, 0.4) is 0 Å². The number of aromatic nitrogens is 2. The van der Waals surface area contributed by atoms with Crippen LogP contribution in [0, 0.1) is 6.92 Å². The van der Waals surface area contributed by atoms with Crippen molar-refractivity contribution in [3.05, 3.63) is 53.3 Å². The maximum absolute atomic E-state index is 4.07. The molecule has 1 aliphatic heterocycles. The van der Waals surface area contributed by atoms with Crippen molar-refractivity contribution in [2.75, 3.05) is 13.1 Å². The highest BCUT2D eigenvalue weighted by atomic mass is 15.1. The monoisotopic (exact) mass is 284 g/mol. The number of likely N-dealkylation sites (tertiary alicyclic amines) is 1. The van der Waals surface area contributed by atoms with Crippen LogP contribution in [-0.2, 0) is 13.1 Å². The molecule has 112 valence electrons. The highest BCUT2D eigenvalue weighted by molar-refractivity contribution is 5.15. The number of nitrogens with zero attached hydrogens (tertiary/aromatic N) is 2. The van der Waals surface area contributed by atoms with E-state index in [1.54, 1.807) is 0 Å². The Hall–Kier alpha value is -1.65. The zero-order chi connectivity index (χ0) is 14.5. The summed E-state index contributed by atoms with van der Waals surface area (Å²) in [4.78, 5) is 2.55. The number of nitrogens with one attached hydrogen (secondary N) is 2. The lowest BCUT2D eigenvalue weighted by Crippen LogP contribution is -2.41. The molecule has 1 saturated heterocycles. The summed E-state index contributed by atoms with van der Waals surface area (Å²) in [5.74, 6) is 0. The molecule has 1 aromatic carbocycles. The average molecular weight is 284 g/mol. The van der Waals surface area contributed by atoms with E-state index in [4.69, 9.17) is 0 Å². The van der Waals surface area contributed by atoms with Gasteiger partial charge in [0.15, 0.2) is 0 Å². The fourth-order valence-corrected chi connectivity index (χ4v) is 2.94. The third-order valence-corrected chi connectivity index (χ3v) is 4.35. The van der Waals surface area contributed by atoms with Crippen LogP contribution in [0.25, 0.3) is 0 Å². The van der Waals surface area contributed by atoms with E-state index in [0.717, 1.165) is 13.1 Å². The second-order valence-electron chi connectivity index (χ2n) is 5.94. The van der Waals surface area contributed by atoms with Gasteiger partial charge in [-0.1, -0.05) is 30.3 Å².